The molecule has 0 spiro atoms. The lowest BCUT2D eigenvalue weighted by Crippen LogP contribution is -3.12. The van der Waals surface area contributed by atoms with E-state index < -0.39 is 6.10 Å². The highest BCUT2D eigenvalue weighted by atomic mass is 16.5. The third-order valence-electron chi connectivity index (χ3n) is 4.50. The zero-order valence-electron chi connectivity index (χ0n) is 16.3. The van der Waals surface area contributed by atoms with Crippen LogP contribution in [-0.2, 0) is 22.6 Å². The van der Waals surface area contributed by atoms with Gasteiger partial charge in [0.05, 0.1) is 32.1 Å². The van der Waals surface area contributed by atoms with Gasteiger partial charge in [0.25, 0.3) is 0 Å². The largest absolute Gasteiger partial charge is 0.385 e. The number of quaternary nitrogens is 1. The molecular weight excluding hydrogens is 340 g/mol. The molecule has 0 aliphatic rings. The minimum absolute atomic E-state index is 0.338. The zero-order chi connectivity index (χ0) is 19.3. The van der Waals surface area contributed by atoms with Crippen molar-refractivity contribution in [3.8, 4) is 0 Å². The van der Waals surface area contributed by atoms with Crippen LogP contribution in [0.3, 0.4) is 0 Å². The van der Waals surface area contributed by atoms with Gasteiger partial charge in [0.2, 0.25) is 0 Å². The summed E-state index contributed by atoms with van der Waals surface area (Å²) in [5.41, 5.74) is 2.55. The van der Waals surface area contributed by atoms with Gasteiger partial charge in [0.15, 0.2) is 0 Å². The minimum atomic E-state index is -0.486. The third-order valence-corrected chi connectivity index (χ3v) is 4.50. The Morgan fingerprint density at radius 1 is 1.22 bits per heavy atom. The lowest BCUT2D eigenvalue weighted by atomic mass is 10.2. The van der Waals surface area contributed by atoms with E-state index in [-0.39, 0.29) is 0 Å². The number of benzene rings is 1. The maximum absolute atomic E-state index is 10.3. The number of aromatic nitrogens is 1. The first-order valence-electron chi connectivity index (χ1n) is 9.60. The Bertz CT molecular complexity index is 642. The fraction of sp³-hybridized carbons (Fsp3) is 0.455. The van der Waals surface area contributed by atoms with Crippen molar-refractivity contribution in [1.29, 1.82) is 0 Å². The molecule has 0 saturated heterocycles. The van der Waals surface area contributed by atoms with Gasteiger partial charge >= 0.3 is 0 Å². The van der Waals surface area contributed by atoms with Crippen molar-refractivity contribution in [2.45, 2.75) is 25.6 Å². The third kappa shape index (κ3) is 8.10. The van der Waals surface area contributed by atoms with Crippen molar-refractivity contribution >= 4 is 0 Å². The molecule has 148 valence electrons. The molecule has 2 aromatic rings. The van der Waals surface area contributed by atoms with Gasteiger partial charge in [-0.25, -0.2) is 0 Å². The molecule has 5 nitrogen and oxygen atoms in total. The van der Waals surface area contributed by atoms with Crippen LogP contribution in [-0.4, -0.2) is 55.8 Å². The van der Waals surface area contributed by atoms with Gasteiger partial charge in [-0.2, -0.15) is 0 Å². The maximum atomic E-state index is 10.3. The lowest BCUT2D eigenvalue weighted by molar-refractivity contribution is -0.917. The molecule has 0 aliphatic carbocycles. The van der Waals surface area contributed by atoms with E-state index in [0.717, 1.165) is 32.7 Å². The lowest BCUT2D eigenvalue weighted by Gasteiger charge is -2.23. The molecule has 1 aromatic carbocycles. The molecule has 2 atom stereocenters. The van der Waals surface area contributed by atoms with Crippen LogP contribution in [0.2, 0.25) is 0 Å². The first-order chi connectivity index (χ1) is 13.2. The predicted molar refractivity (Wildman–Crippen MR) is 108 cm³/mol. The van der Waals surface area contributed by atoms with Crippen LogP contribution < -0.4 is 4.90 Å². The summed E-state index contributed by atoms with van der Waals surface area (Å²) in [6.45, 7) is 8.50. The van der Waals surface area contributed by atoms with Crippen molar-refractivity contribution in [3.05, 3.63) is 72.6 Å². The Labute approximate surface area is 162 Å². The number of ether oxygens (including phenoxy) is 2. The van der Waals surface area contributed by atoms with E-state index >= 15 is 0 Å². The summed E-state index contributed by atoms with van der Waals surface area (Å²) in [4.78, 5) is 1.33. The smallest absolute Gasteiger partial charge is 0.126 e. The van der Waals surface area contributed by atoms with Crippen molar-refractivity contribution in [1.82, 2.24) is 4.57 Å². The van der Waals surface area contributed by atoms with Crippen LogP contribution in [0.5, 0.6) is 0 Å². The molecule has 1 aromatic heterocycles. The topological polar surface area (TPSA) is 48.1 Å². The second-order valence-corrected chi connectivity index (χ2v) is 6.82. The zero-order valence-corrected chi connectivity index (χ0v) is 16.3. The fourth-order valence-corrected chi connectivity index (χ4v) is 3.21. The number of aliphatic hydroxyl groups excluding tert-OH is 1. The molecule has 0 saturated carbocycles. The van der Waals surface area contributed by atoms with E-state index in [2.05, 4.69) is 53.7 Å². The fourth-order valence-electron chi connectivity index (χ4n) is 3.21. The van der Waals surface area contributed by atoms with Crippen molar-refractivity contribution < 1.29 is 19.5 Å². The molecule has 2 N–H and O–H groups in total. The van der Waals surface area contributed by atoms with E-state index in [1.807, 2.05) is 6.07 Å². The average Bonchev–Trinajstić information content (AvgIpc) is 3.09. The number of methoxy groups -OCH3 is 1. The van der Waals surface area contributed by atoms with Crippen LogP contribution in [0.4, 0.5) is 0 Å². The van der Waals surface area contributed by atoms with E-state index in [0.29, 0.717) is 19.8 Å². The van der Waals surface area contributed by atoms with Crippen LogP contribution in [0, 0.1) is 0 Å². The summed E-state index contributed by atoms with van der Waals surface area (Å²) in [5, 5.41) is 10.3. The Kier molecular flexibility index (Phi) is 9.87. The van der Waals surface area contributed by atoms with Gasteiger partial charge in [-0.1, -0.05) is 36.4 Å². The molecule has 0 fully saturated rings. The van der Waals surface area contributed by atoms with Gasteiger partial charge in [-0.15, -0.1) is 6.58 Å². The monoisotopic (exact) mass is 373 g/mol. The number of aliphatic hydroxyl groups is 1. The predicted octanol–water partition coefficient (Wildman–Crippen LogP) is 1.52. The van der Waals surface area contributed by atoms with Gasteiger partial charge in [-0.05, 0) is 17.7 Å². The molecule has 27 heavy (non-hydrogen) atoms. The standard InChI is InChI=1S/C22H32N2O3/c1-3-14-27-19-22(25)18-23(12-8-15-26-2)17-21-11-7-13-24(21)16-20-9-5-4-6-10-20/h3-7,9-11,13,22,25H,1,8,12,14-19H2,2H3/p+1/t22-/m0/s1. The van der Waals surface area contributed by atoms with Gasteiger partial charge < -0.3 is 24.0 Å². The number of hydrogen-bond donors (Lipinski definition) is 2. The molecule has 1 heterocycles. The molecule has 5 heteroatoms. The second kappa shape index (κ2) is 12.5. The van der Waals surface area contributed by atoms with Crippen molar-refractivity contribution in [2.24, 2.45) is 0 Å². The van der Waals surface area contributed by atoms with E-state index in [4.69, 9.17) is 9.47 Å². The summed E-state index contributed by atoms with van der Waals surface area (Å²) < 4.78 is 12.9. The summed E-state index contributed by atoms with van der Waals surface area (Å²) in [5.74, 6) is 0. The highest BCUT2D eigenvalue weighted by molar-refractivity contribution is 5.17. The first kappa shape index (κ1) is 21.4. The van der Waals surface area contributed by atoms with E-state index in [1.54, 1.807) is 13.2 Å². The molecule has 1 unspecified atom stereocenters. The quantitative estimate of drug-likeness (QED) is 0.390. The molecule has 2 rings (SSSR count). The Morgan fingerprint density at radius 3 is 2.78 bits per heavy atom. The summed E-state index contributed by atoms with van der Waals surface area (Å²) in [6, 6.07) is 14.7. The maximum Gasteiger partial charge on any atom is 0.126 e. The summed E-state index contributed by atoms with van der Waals surface area (Å²) in [7, 11) is 1.72. The molecular formula is C22H33N2O3+. The van der Waals surface area contributed by atoms with Gasteiger partial charge in [-0.3, -0.25) is 0 Å². The van der Waals surface area contributed by atoms with Crippen LogP contribution in [0.25, 0.3) is 0 Å². The van der Waals surface area contributed by atoms with Crippen molar-refractivity contribution in [3.63, 3.8) is 0 Å². The van der Waals surface area contributed by atoms with Crippen LogP contribution >= 0.6 is 0 Å². The Balaban J connectivity index is 1.97. The van der Waals surface area contributed by atoms with Crippen LogP contribution in [0.15, 0.2) is 61.3 Å². The summed E-state index contributed by atoms with van der Waals surface area (Å²) >= 11 is 0. The number of rotatable bonds is 14. The van der Waals surface area contributed by atoms with Crippen molar-refractivity contribution in [2.75, 3.05) is 40.0 Å². The minimum Gasteiger partial charge on any atom is -0.385 e. The van der Waals surface area contributed by atoms with Gasteiger partial charge in [0, 0.05) is 26.3 Å². The molecule has 0 bridgehead atoms. The first-order valence-corrected chi connectivity index (χ1v) is 9.60. The normalized spacial score (nSPS) is 13.4. The van der Waals surface area contributed by atoms with Crippen LogP contribution in [0.1, 0.15) is 17.7 Å². The second-order valence-electron chi connectivity index (χ2n) is 6.82. The average molecular weight is 374 g/mol. The number of hydrogen-bond acceptors (Lipinski definition) is 3. The SMILES string of the molecule is C=CCOC[C@@H](O)C[NH+](CCCOC)Cc1cccn1Cc1ccccc1. The van der Waals surface area contributed by atoms with E-state index in [1.165, 1.54) is 16.2 Å². The number of nitrogens with one attached hydrogen (secondary N) is 1. The Morgan fingerprint density at radius 2 is 2.04 bits per heavy atom. The van der Waals surface area contributed by atoms with E-state index in [9.17, 15) is 5.11 Å². The molecule has 0 amide bonds. The summed E-state index contributed by atoms with van der Waals surface area (Å²) in [6.07, 6.45) is 4.30. The Hall–Kier alpha value is -1.92. The molecule has 0 aliphatic heterocycles. The molecule has 0 radical (unpaired) electrons. The number of nitrogens with zero attached hydrogens (tertiary/aromatic N) is 1. The highest BCUT2D eigenvalue weighted by Crippen LogP contribution is 2.07. The highest BCUT2D eigenvalue weighted by Gasteiger charge is 2.17. The van der Waals surface area contributed by atoms with Gasteiger partial charge in [0.1, 0.15) is 19.2 Å².